The van der Waals surface area contributed by atoms with Crippen LogP contribution in [0, 0.1) is 17.5 Å². The lowest BCUT2D eigenvalue weighted by Gasteiger charge is -2.16. The average molecular weight is 228 g/mol. The van der Waals surface area contributed by atoms with Gasteiger partial charge in [0.25, 0.3) is 0 Å². The van der Waals surface area contributed by atoms with Gasteiger partial charge in [0.1, 0.15) is 0 Å². The molecule has 0 amide bonds. The Morgan fingerprint density at radius 1 is 1.00 bits per heavy atom. The van der Waals surface area contributed by atoms with Crippen LogP contribution in [0.15, 0.2) is 12.1 Å². The summed E-state index contributed by atoms with van der Waals surface area (Å²) in [5.41, 5.74) is -0.640. The zero-order valence-corrected chi connectivity index (χ0v) is 7.50. The monoisotopic (exact) mass is 228 g/mol. The van der Waals surface area contributed by atoms with Crippen molar-refractivity contribution in [2.45, 2.75) is 19.0 Å². The quantitative estimate of drug-likeness (QED) is 0.507. The molecule has 0 aromatic heterocycles. The van der Waals surface area contributed by atoms with E-state index in [-0.39, 0.29) is 0 Å². The average Bonchev–Trinajstić information content (AvgIpc) is 2.10. The van der Waals surface area contributed by atoms with Crippen molar-refractivity contribution in [3.05, 3.63) is 35.1 Å². The number of alkyl halides is 3. The van der Waals surface area contributed by atoms with Gasteiger partial charge in [-0.25, -0.2) is 13.2 Å². The number of hydrogen-bond acceptors (Lipinski definition) is 0. The van der Waals surface area contributed by atoms with E-state index in [1.807, 2.05) is 0 Å². The van der Waals surface area contributed by atoms with E-state index in [4.69, 9.17) is 0 Å². The molecule has 1 atom stereocenters. The van der Waals surface area contributed by atoms with Gasteiger partial charge in [0.05, 0.1) is 5.92 Å². The topological polar surface area (TPSA) is 0 Å². The molecule has 0 aliphatic rings. The minimum absolute atomic E-state index is 0.344. The van der Waals surface area contributed by atoms with Crippen molar-refractivity contribution in [1.82, 2.24) is 0 Å². The van der Waals surface area contributed by atoms with Gasteiger partial charge in [-0.15, -0.1) is 0 Å². The lowest BCUT2D eigenvalue weighted by Crippen LogP contribution is -2.18. The van der Waals surface area contributed by atoms with Gasteiger partial charge in [0, 0.05) is 0 Å². The molecule has 1 aromatic carbocycles. The van der Waals surface area contributed by atoms with Crippen LogP contribution in [-0.2, 0) is 0 Å². The third kappa shape index (κ3) is 2.43. The first-order chi connectivity index (χ1) is 6.73. The predicted molar refractivity (Wildman–Crippen MR) is 40.8 cm³/mol. The highest BCUT2D eigenvalue weighted by Crippen LogP contribution is 2.35. The second-order valence-corrected chi connectivity index (χ2v) is 3.06. The smallest absolute Gasteiger partial charge is 0.204 e. The van der Waals surface area contributed by atoms with Gasteiger partial charge in [0.2, 0.25) is 0 Å². The largest absolute Gasteiger partial charge is 0.395 e. The molecule has 84 valence electrons. The summed E-state index contributed by atoms with van der Waals surface area (Å²) in [7, 11) is 0. The second kappa shape index (κ2) is 3.75. The Kier molecular flexibility index (Phi) is 2.97. The molecule has 1 unspecified atom stereocenters. The maximum absolute atomic E-state index is 12.6. The molecule has 0 radical (unpaired) electrons. The van der Waals surface area contributed by atoms with Gasteiger partial charge >= 0.3 is 6.18 Å². The fourth-order valence-corrected chi connectivity index (χ4v) is 1.01. The van der Waals surface area contributed by atoms with E-state index in [1.54, 1.807) is 0 Å². The highest BCUT2D eigenvalue weighted by Gasteiger charge is 2.37. The summed E-state index contributed by atoms with van der Waals surface area (Å²) in [4.78, 5) is 0. The molecule has 0 fully saturated rings. The van der Waals surface area contributed by atoms with E-state index < -0.39 is 35.1 Å². The van der Waals surface area contributed by atoms with Crippen molar-refractivity contribution < 1.29 is 26.3 Å². The fourth-order valence-electron chi connectivity index (χ4n) is 1.01. The van der Waals surface area contributed by atoms with Crippen LogP contribution in [0.1, 0.15) is 18.4 Å². The maximum Gasteiger partial charge on any atom is 0.395 e. The first-order valence-corrected chi connectivity index (χ1v) is 3.94. The second-order valence-electron chi connectivity index (χ2n) is 3.06. The zero-order chi connectivity index (χ0) is 11.8. The van der Waals surface area contributed by atoms with E-state index in [9.17, 15) is 26.3 Å². The third-order valence-corrected chi connectivity index (χ3v) is 2.00. The van der Waals surface area contributed by atoms with Crippen molar-refractivity contribution in [1.29, 1.82) is 0 Å². The molecule has 6 heteroatoms. The summed E-state index contributed by atoms with van der Waals surface area (Å²) in [5, 5.41) is 0. The zero-order valence-electron chi connectivity index (χ0n) is 7.50. The summed E-state index contributed by atoms with van der Waals surface area (Å²) in [6, 6.07) is 0.688. The van der Waals surface area contributed by atoms with Crippen LogP contribution in [0.5, 0.6) is 0 Å². The molecule has 1 rings (SSSR count). The molecular weight excluding hydrogens is 222 g/mol. The highest BCUT2D eigenvalue weighted by atomic mass is 19.4. The Hall–Kier alpha value is -1.20. The standard InChI is InChI=1S/C9H6F6/c1-4(9(13,14)15)5-2-6(10)8(12)7(11)3-5/h2-4H,1H3. The third-order valence-electron chi connectivity index (χ3n) is 2.00. The van der Waals surface area contributed by atoms with Crippen LogP contribution in [0.25, 0.3) is 0 Å². The minimum atomic E-state index is -4.61. The van der Waals surface area contributed by atoms with E-state index in [0.29, 0.717) is 12.1 Å². The van der Waals surface area contributed by atoms with E-state index in [0.717, 1.165) is 6.92 Å². The van der Waals surface area contributed by atoms with Gasteiger partial charge in [0.15, 0.2) is 17.5 Å². The Labute approximate surface area is 81.5 Å². The SMILES string of the molecule is CC(c1cc(F)c(F)c(F)c1)C(F)(F)F. The molecule has 0 N–H and O–H groups in total. The van der Waals surface area contributed by atoms with Gasteiger partial charge in [-0.2, -0.15) is 13.2 Å². The Morgan fingerprint density at radius 2 is 1.40 bits per heavy atom. The number of rotatable bonds is 1. The van der Waals surface area contributed by atoms with Crippen LogP contribution in [-0.4, -0.2) is 6.18 Å². The van der Waals surface area contributed by atoms with Crippen LogP contribution >= 0.6 is 0 Å². The van der Waals surface area contributed by atoms with Gasteiger partial charge < -0.3 is 0 Å². The normalized spacial score (nSPS) is 14.1. The molecule has 0 saturated carbocycles. The molecule has 0 heterocycles. The maximum atomic E-state index is 12.6. The van der Waals surface area contributed by atoms with E-state index >= 15 is 0 Å². The minimum Gasteiger partial charge on any atom is -0.204 e. The molecule has 0 saturated heterocycles. The molecule has 0 bridgehead atoms. The molecule has 0 aliphatic heterocycles. The Bertz CT molecular complexity index is 344. The molecule has 15 heavy (non-hydrogen) atoms. The molecule has 0 spiro atoms. The van der Waals surface area contributed by atoms with Crippen molar-refractivity contribution in [3.63, 3.8) is 0 Å². The predicted octanol–water partition coefficient (Wildman–Crippen LogP) is 3.77. The van der Waals surface area contributed by atoms with E-state index in [2.05, 4.69) is 0 Å². The summed E-state index contributed by atoms with van der Waals surface area (Å²) in [5.74, 6) is -7.06. The summed E-state index contributed by atoms with van der Waals surface area (Å²) in [6.07, 6.45) is -4.61. The van der Waals surface area contributed by atoms with Crippen molar-refractivity contribution in [2.75, 3.05) is 0 Å². The number of halogens is 6. The highest BCUT2D eigenvalue weighted by molar-refractivity contribution is 5.23. The van der Waals surface area contributed by atoms with Crippen LogP contribution in [0.2, 0.25) is 0 Å². The molecule has 1 aromatic rings. The van der Waals surface area contributed by atoms with Gasteiger partial charge in [-0.1, -0.05) is 0 Å². The van der Waals surface area contributed by atoms with Crippen molar-refractivity contribution in [3.8, 4) is 0 Å². The van der Waals surface area contributed by atoms with Crippen molar-refractivity contribution in [2.24, 2.45) is 0 Å². The Balaban J connectivity index is 3.17. The molecule has 0 nitrogen and oxygen atoms in total. The molecule has 0 aliphatic carbocycles. The first kappa shape index (κ1) is 11.9. The number of hydrogen-bond donors (Lipinski definition) is 0. The van der Waals surface area contributed by atoms with Crippen LogP contribution in [0.4, 0.5) is 26.3 Å². The molecular formula is C9H6F6. The van der Waals surface area contributed by atoms with E-state index in [1.165, 1.54) is 0 Å². The van der Waals surface area contributed by atoms with Crippen LogP contribution in [0.3, 0.4) is 0 Å². The lowest BCUT2D eigenvalue weighted by molar-refractivity contribution is -0.146. The van der Waals surface area contributed by atoms with Crippen LogP contribution < -0.4 is 0 Å². The van der Waals surface area contributed by atoms with Crippen molar-refractivity contribution >= 4 is 0 Å². The fraction of sp³-hybridized carbons (Fsp3) is 0.333. The summed E-state index contributed by atoms with van der Waals surface area (Å²) < 4.78 is 74.1. The summed E-state index contributed by atoms with van der Waals surface area (Å²) >= 11 is 0. The summed E-state index contributed by atoms with van der Waals surface area (Å²) in [6.45, 7) is 0.742. The Morgan fingerprint density at radius 3 is 1.73 bits per heavy atom. The first-order valence-electron chi connectivity index (χ1n) is 3.94. The lowest BCUT2D eigenvalue weighted by atomic mass is 10.0. The number of benzene rings is 1. The van der Waals surface area contributed by atoms with Gasteiger partial charge in [-0.05, 0) is 24.6 Å². The van der Waals surface area contributed by atoms with Gasteiger partial charge in [-0.3, -0.25) is 0 Å².